The molecule has 0 spiro atoms. The van der Waals surface area contributed by atoms with Gasteiger partial charge in [-0.25, -0.2) is 9.97 Å². The van der Waals surface area contributed by atoms with E-state index in [1.54, 1.807) is 25.6 Å². The largest absolute Gasteiger partial charge is 0.493 e. The maximum atomic E-state index is 5.66. The first-order chi connectivity index (χ1) is 9.19. The third kappa shape index (κ3) is 3.58. The van der Waals surface area contributed by atoms with E-state index in [1.807, 2.05) is 32.0 Å². The topological polar surface area (TPSA) is 56.3 Å². The lowest BCUT2D eigenvalue weighted by atomic mass is 10.2. The van der Waals surface area contributed by atoms with Crippen molar-refractivity contribution in [2.75, 3.05) is 12.4 Å². The third-order valence-electron chi connectivity index (χ3n) is 2.35. The molecule has 0 aliphatic carbocycles. The predicted octanol–water partition coefficient (Wildman–Crippen LogP) is 3.02. The Balaban J connectivity index is 2.19. The number of anilines is 2. The van der Waals surface area contributed by atoms with E-state index < -0.39 is 0 Å². The maximum Gasteiger partial charge on any atom is 0.227 e. The minimum atomic E-state index is 0.102. The van der Waals surface area contributed by atoms with Crippen LogP contribution in [0, 0.1) is 0 Å². The van der Waals surface area contributed by atoms with Gasteiger partial charge in [0.25, 0.3) is 0 Å². The SMILES string of the molecule is COc1cc(Nc2ncccn2)ccc1OC(C)C. The van der Waals surface area contributed by atoms with Crippen LogP contribution < -0.4 is 14.8 Å². The highest BCUT2D eigenvalue weighted by molar-refractivity contribution is 5.59. The van der Waals surface area contributed by atoms with Crippen LogP contribution in [-0.4, -0.2) is 23.2 Å². The number of hydrogen-bond donors (Lipinski definition) is 1. The molecule has 0 bridgehead atoms. The highest BCUT2D eigenvalue weighted by atomic mass is 16.5. The van der Waals surface area contributed by atoms with Crippen LogP contribution in [0.4, 0.5) is 11.6 Å². The van der Waals surface area contributed by atoms with Crippen molar-refractivity contribution >= 4 is 11.6 Å². The first-order valence-corrected chi connectivity index (χ1v) is 6.08. The number of methoxy groups -OCH3 is 1. The van der Waals surface area contributed by atoms with Crippen LogP contribution in [0.15, 0.2) is 36.7 Å². The highest BCUT2D eigenvalue weighted by Gasteiger charge is 2.08. The Morgan fingerprint density at radius 3 is 2.47 bits per heavy atom. The highest BCUT2D eigenvalue weighted by Crippen LogP contribution is 2.31. The molecule has 0 saturated heterocycles. The van der Waals surface area contributed by atoms with Crippen molar-refractivity contribution in [2.45, 2.75) is 20.0 Å². The maximum absolute atomic E-state index is 5.66. The zero-order valence-electron chi connectivity index (χ0n) is 11.3. The van der Waals surface area contributed by atoms with Crippen molar-refractivity contribution < 1.29 is 9.47 Å². The van der Waals surface area contributed by atoms with E-state index in [0.717, 1.165) is 11.4 Å². The summed E-state index contributed by atoms with van der Waals surface area (Å²) in [5.74, 6) is 1.94. The second-order valence-electron chi connectivity index (χ2n) is 4.23. The number of rotatable bonds is 5. The number of nitrogens with one attached hydrogen (secondary N) is 1. The molecule has 1 N–H and O–H groups in total. The van der Waals surface area contributed by atoms with Crippen molar-refractivity contribution in [3.8, 4) is 11.5 Å². The van der Waals surface area contributed by atoms with E-state index in [9.17, 15) is 0 Å². The van der Waals surface area contributed by atoms with Gasteiger partial charge in [0.15, 0.2) is 11.5 Å². The van der Waals surface area contributed by atoms with Crippen molar-refractivity contribution in [1.82, 2.24) is 9.97 Å². The fraction of sp³-hybridized carbons (Fsp3) is 0.286. The lowest BCUT2D eigenvalue weighted by molar-refractivity contribution is 0.230. The van der Waals surface area contributed by atoms with E-state index >= 15 is 0 Å². The van der Waals surface area contributed by atoms with Crippen LogP contribution in [-0.2, 0) is 0 Å². The molecule has 0 aliphatic rings. The van der Waals surface area contributed by atoms with Crippen LogP contribution in [0.1, 0.15) is 13.8 Å². The van der Waals surface area contributed by atoms with Crippen molar-refractivity contribution in [3.05, 3.63) is 36.7 Å². The monoisotopic (exact) mass is 259 g/mol. The predicted molar refractivity (Wildman–Crippen MR) is 74.1 cm³/mol. The summed E-state index contributed by atoms with van der Waals surface area (Å²) in [6.45, 7) is 3.95. The third-order valence-corrected chi connectivity index (χ3v) is 2.35. The standard InChI is InChI=1S/C14H17N3O2/c1-10(2)19-12-6-5-11(9-13(12)18-3)17-14-15-7-4-8-16-14/h4-10H,1-3H3,(H,15,16,17). The minimum absolute atomic E-state index is 0.102. The van der Waals surface area contributed by atoms with Crippen LogP contribution in [0.25, 0.3) is 0 Å². The van der Waals surface area contributed by atoms with Gasteiger partial charge in [0.1, 0.15) is 0 Å². The molecule has 0 atom stereocenters. The van der Waals surface area contributed by atoms with Gasteiger partial charge in [-0.15, -0.1) is 0 Å². The van der Waals surface area contributed by atoms with Gasteiger partial charge in [0, 0.05) is 24.1 Å². The molecule has 0 aliphatic heterocycles. The molecular formula is C14H17N3O2. The number of nitrogens with zero attached hydrogens (tertiary/aromatic N) is 2. The van der Waals surface area contributed by atoms with Gasteiger partial charge < -0.3 is 14.8 Å². The smallest absolute Gasteiger partial charge is 0.227 e. The van der Waals surface area contributed by atoms with Crippen LogP contribution in [0.5, 0.6) is 11.5 Å². The summed E-state index contributed by atoms with van der Waals surface area (Å²) in [6.07, 6.45) is 3.47. The van der Waals surface area contributed by atoms with E-state index in [-0.39, 0.29) is 6.10 Å². The summed E-state index contributed by atoms with van der Waals surface area (Å²) in [4.78, 5) is 8.21. The molecule has 0 radical (unpaired) electrons. The molecule has 5 heteroatoms. The van der Waals surface area contributed by atoms with Crippen LogP contribution >= 0.6 is 0 Å². The number of aromatic nitrogens is 2. The van der Waals surface area contributed by atoms with E-state index in [0.29, 0.717) is 11.7 Å². The van der Waals surface area contributed by atoms with Crippen LogP contribution in [0.2, 0.25) is 0 Å². The van der Waals surface area contributed by atoms with E-state index in [1.165, 1.54) is 0 Å². The van der Waals surface area contributed by atoms with E-state index in [2.05, 4.69) is 15.3 Å². The molecule has 0 unspecified atom stereocenters. The van der Waals surface area contributed by atoms with Gasteiger partial charge in [0.2, 0.25) is 5.95 Å². The Kier molecular flexibility index (Phi) is 4.18. The Morgan fingerprint density at radius 1 is 1.11 bits per heavy atom. The second kappa shape index (κ2) is 6.04. The van der Waals surface area contributed by atoms with Crippen LogP contribution in [0.3, 0.4) is 0 Å². The van der Waals surface area contributed by atoms with Gasteiger partial charge in [-0.1, -0.05) is 0 Å². The Labute approximate surface area is 112 Å². The number of ether oxygens (including phenoxy) is 2. The van der Waals surface area contributed by atoms with Gasteiger partial charge >= 0.3 is 0 Å². The molecule has 5 nitrogen and oxygen atoms in total. The molecular weight excluding hydrogens is 242 g/mol. The molecule has 1 aromatic carbocycles. The van der Waals surface area contributed by atoms with Crippen molar-refractivity contribution in [3.63, 3.8) is 0 Å². The fourth-order valence-electron chi connectivity index (χ4n) is 1.59. The average Bonchev–Trinajstić information content (AvgIpc) is 2.41. The van der Waals surface area contributed by atoms with Gasteiger partial charge in [-0.3, -0.25) is 0 Å². The molecule has 100 valence electrons. The van der Waals surface area contributed by atoms with Gasteiger partial charge in [-0.2, -0.15) is 0 Å². The Bertz CT molecular complexity index is 529. The summed E-state index contributed by atoms with van der Waals surface area (Å²) in [5, 5.41) is 3.10. The lowest BCUT2D eigenvalue weighted by Crippen LogP contribution is -2.07. The first kappa shape index (κ1) is 13.1. The summed E-state index contributed by atoms with van der Waals surface area (Å²) < 4.78 is 11.0. The molecule has 0 fully saturated rings. The fourth-order valence-corrected chi connectivity index (χ4v) is 1.59. The number of benzene rings is 1. The molecule has 2 rings (SSSR count). The Morgan fingerprint density at radius 2 is 1.84 bits per heavy atom. The molecule has 19 heavy (non-hydrogen) atoms. The van der Waals surface area contributed by atoms with Gasteiger partial charge in [0.05, 0.1) is 13.2 Å². The summed E-state index contributed by atoms with van der Waals surface area (Å²) in [6, 6.07) is 7.39. The first-order valence-electron chi connectivity index (χ1n) is 6.08. The Hall–Kier alpha value is -2.30. The minimum Gasteiger partial charge on any atom is -0.493 e. The molecule has 1 aromatic heterocycles. The second-order valence-corrected chi connectivity index (χ2v) is 4.23. The molecule has 0 saturated carbocycles. The average molecular weight is 259 g/mol. The summed E-state index contributed by atoms with van der Waals surface area (Å²) >= 11 is 0. The molecule has 1 heterocycles. The van der Waals surface area contributed by atoms with Gasteiger partial charge in [-0.05, 0) is 32.0 Å². The lowest BCUT2D eigenvalue weighted by Gasteiger charge is -2.14. The molecule has 0 amide bonds. The summed E-state index contributed by atoms with van der Waals surface area (Å²) in [5.41, 5.74) is 0.846. The summed E-state index contributed by atoms with van der Waals surface area (Å²) in [7, 11) is 1.62. The quantitative estimate of drug-likeness (QED) is 0.894. The zero-order valence-corrected chi connectivity index (χ0v) is 11.3. The van der Waals surface area contributed by atoms with Crippen molar-refractivity contribution in [1.29, 1.82) is 0 Å². The van der Waals surface area contributed by atoms with Crippen molar-refractivity contribution in [2.24, 2.45) is 0 Å². The van der Waals surface area contributed by atoms with E-state index in [4.69, 9.17) is 9.47 Å². The zero-order chi connectivity index (χ0) is 13.7. The molecule has 2 aromatic rings. The number of hydrogen-bond acceptors (Lipinski definition) is 5. The normalized spacial score (nSPS) is 10.3.